The van der Waals surface area contributed by atoms with Crippen LogP contribution >= 0.6 is 11.6 Å². The van der Waals surface area contributed by atoms with E-state index in [0.717, 1.165) is 0 Å². The standard InChI is InChI=1S/C15H15ClN2O2/c1-10(12-8-7-11(20-2)9-15(12)19)17-18-14-6-4-3-5-13(14)16/h3-9,18-19H,1-2H3/b17-10+. The van der Waals surface area contributed by atoms with E-state index in [4.69, 9.17) is 16.3 Å². The normalized spacial score (nSPS) is 11.2. The largest absolute Gasteiger partial charge is 0.507 e. The second-order valence-electron chi connectivity index (χ2n) is 4.17. The third-order valence-corrected chi connectivity index (χ3v) is 3.14. The molecule has 2 rings (SSSR count). The number of hydrogen-bond acceptors (Lipinski definition) is 4. The number of anilines is 1. The molecular formula is C15H15ClN2O2. The van der Waals surface area contributed by atoms with Gasteiger partial charge in [0.25, 0.3) is 0 Å². The number of benzene rings is 2. The smallest absolute Gasteiger partial charge is 0.128 e. The minimum atomic E-state index is 0.117. The third-order valence-electron chi connectivity index (χ3n) is 2.81. The molecule has 0 unspecified atom stereocenters. The van der Waals surface area contributed by atoms with Crippen LogP contribution in [-0.4, -0.2) is 17.9 Å². The van der Waals surface area contributed by atoms with Gasteiger partial charge < -0.3 is 9.84 Å². The van der Waals surface area contributed by atoms with E-state index in [-0.39, 0.29) is 5.75 Å². The van der Waals surface area contributed by atoms with Crippen molar-refractivity contribution in [3.8, 4) is 11.5 Å². The first-order valence-corrected chi connectivity index (χ1v) is 6.42. The Hall–Kier alpha value is -2.20. The molecule has 0 spiro atoms. The van der Waals surface area contributed by atoms with Crippen LogP contribution in [0.4, 0.5) is 5.69 Å². The first-order chi connectivity index (χ1) is 9.61. The fraction of sp³-hybridized carbons (Fsp3) is 0.133. The van der Waals surface area contributed by atoms with Gasteiger partial charge in [-0.05, 0) is 31.2 Å². The molecule has 0 heterocycles. The lowest BCUT2D eigenvalue weighted by Crippen LogP contribution is -2.00. The van der Waals surface area contributed by atoms with Crippen molar-refractivity contribution < 1.29 is 9.84 Å². The van der Waals surface area contributed by atoms with Crippen molar-refractivity contribution in [1.82, 2.24) is 0 Å². The molecule has 0 amide bonds. The molecule has 2 aromatic carbocycles. The first-order valence-electron chi connectivity index (χ1n) is 6.04. The van der Waals surface area contributed by atoms with Crippen molar-refractivity contribution in [1.29, 1.82) is 0 Å². The predicted molar refractivity (Wildman–Crippen MR) is 81.9 cm³/mol. The number of phenolic OH excluding ortho intramolecular Hbond substituents is 1. The maximum Gasteiger partial charge on any atom is 0.128 e. The van der Waals surface area contributed by atoms with Crippen LogP contribution in [-0.2, 0) is 0 Å². The van der Waals surface area contributed by atoms with Gasteiger partial charge in [-0.1, -0.05) is 23.7 Å². The van der Waals surface area contributed by atoms with Crippen LogP contribution in [0.2, 0.25) is 5.02 Å². The number of methoxy groups -OCH3 is 1. The molecule has 0 saturated carbocycles. The summed E-state index contributed by atoms with van der Waals surface area (Å²) in [6, 6.07) is 12.4. The van der Waals surface area contributed by atoms with Gasteiger partial charge in [0, 0.05) is 11.6 Å². The lowest BCUT2D eigenvalue weighted by Gasteiger charge is -2.08. The van der Waals surface area contributed by atoms with Gasteiger partial charge in [0.1, 0.15) is 11.5 Å². The molecule has 0 saturated heterocycles. The summed E-state index contributed by atoms with van der Waals surface area (Å²) in [5, 5.41) is 14.7. The van der Waals surface area contributed by atoms with Crippen LogP contribution in [0.25, 0.3) is 0 Å². The Morgan fingerprint density at radius 2 is 2.00 bits per heavy atom. The van der Waals surface area contributed by atoms with Crippen molar-refractivity contribution in [2.75, 3.05) is 12.5 Å². The average molecular weight is 291 g/mol. The quantitative estimate of drug-likeness (QED) is 0.663. The van der Waals surface area contributed by atoms with Gasteiger partial charge in [-0.2, -0.15) is 5.10 Å². The summed E-state index contributed by atoms with van der Waals surface area (Å²) in [7, 11) is 1.55. The van der Waals surface area contributed by atoms with E-state index in [1.165, 1.54) is 0 Å². The molecule has 0 atom stereocenters. The Balaban J connectivity index is 2.21. The lowest BCUT2D eigenvalue weighted by atomic mass is 10.1. The number of halogens is 1. The number of ether oxygens (including phenoxy) is 1. The van der Waals surface area contributed by atoms with E-state index < -0.39 is 0 Å². The predicted octanol–water partition coefficient (Wildman–Crippen LogP) is 3.89. The third kappa shape index (κ3) is 3.22. The number of phenols is 1. The van der Waals surface area contributed by atoms with Crippen LogP contribution in [0.1, 0.15) is 12.5 Å². The number of nitrogens with one attached hydrogen (secondary N) is 1. The van der Waals surface area contributed by atoms with Crippen LogP contribution in [0.3, 0.4) is 0 Å². The fourth-order valence-corrected chi connectivity index (χ4v) is 1.88. The molecule has 0 aliphatic rings. The maximum atomic E-state index is 9.93. The van der Waals surface area contributed by atoms with Gasteiger partial charge in [0.15, 0.2) is 0 Å². The summed E-state index contributed by atoms with van der Waals surface area (Å²) >= 11 is 6.03. The summed E-state index contributed by atoms with van der Waals surface area (Å²) < 4.78 is 5.04. The van der Waals surface area contributed by atoms with Crippen molar-refractivity contribution in [3.63, 3.8) is 0 Å². The second kappa shape index (κ2) is 6.30. The van der Waals surface area contributed by atoms with E-state index in [1.807, 2.05) is 18.2 Å². The zero-order chi connectivity index (χ0) is 14.5. The van der Waals surface area contributed by atoms with Gasteiger partial charge in [-0.3, -0.25) is 5.43 Å². The average Bonchev–Trinajstić information content (AvgIpc) is 2.46. The molecule has 2 aromatic rings. The van der Waals surface area contributed by atoms with Crippen molar-refractivity contribution >= 4 is 23.0 Å². The molecule has 0 fully saturated rings. The zero-order valence-electron chi connectivity index (χ0n) is 11.2. The van der Waals surface area contributed by atoms with Crippen LogP contribution < -0.4 is 10.2 Å². The van der Waals surface area contributed by atoms with Crippen molar-refractivity contribution in [2.45, 2.75) is 6.92 Å². The van der Waals surface area contributed by atoms with E-state index in [1.54, 1.807) is 38.3 Å². The van der Waals surface area contributed by atoms with Crippen molar-refractivity contribution in [3.05, 3.63) is 53.1 Å². The number of nitrogens with zero attached hydrogens (tertiary/aromatic N) is 1. The summed E-state index contributed by atoms with van der Waals surface area (Å²) in [5.41, 5.74) is 4.86. The second-order valence-corrected chi connectivity index (χ2v) is 4.58. The van der Waals surface area contributed by atoms with Gasteiger partial charge in [-0.15, -0.1) is 0 Å². The number of hydrazone groups is 1. The molecule has 104 valence electrons. The molecule has 2 N–H and O–H groups in total. The Morgan fingerprint density at radius 3 is 2.65 bits per heavy atom. The summed E-state index contributed by atoms with van der Waals surface area (Å²) in [5.74, 6) is 0.713. The molecule has 0 aliphatic carbocycles. The van der Waals surface area contributed by atoms with E-state index in [9.17, 15) is 5.11 Å². The number of aromatic hydroxyl groups is 1. The fourth-order valence-electron chi connectivity index (χ4n) is 1.70. The Kier molecular flexibility index (Phi) is 4.48. The first kappa shape index (κ1) is 14.2. The highest BCUT2D eigenvalue weighted by Gasteiger charge is 2.06. The topological polar surface area (TPSA) is 53.8 Å². The molecule has 5 heteroatoms. The highest BCUT2D eigenvalue weighted by atomic mass is 35.5. The molecule has 0 aromatic heterocycles. The van der Waals surface area contributed by atoms with E-state index in [2.05, 4.69) is 10.5 Å². The van der Waals surface area contributed by atoms with Gasteiger partial charge in [0.05, 0.1) is 23.5 Å². The van der Waals surface area contributed by atoms with Gasteiger partial charge in [0.2, 0.25) is 0 Å². The van der Waals surface area contributed by atoms with Crippen LogP contribution in [0, 0.1) is 0 Å². The summed E-state index contributed by atoms with van der Waals surface area (Å²) in [6.45, 7) is 1.80. The minimum absolute atomic E-state index is 0.117. The SMILES string of the molecule is COc1ccc(/C(C)=N/Nc2ccccc2Cl)c(O)c1. The maximum absolute atomic E-state index is 9.93. The molecule has 20 heavy (non-hydrogen) atoms. The number of hydrogen-bond donors (Lipinski definition) is 2. The molecule has 0 aliphatic heterocycles. The molecule has 4 nitrogen and oxygen atoms in total. The van der Waals surface area contributed by atoms with Crippen LogP contribution in [0.15, 0.2) is 47.6 Å². The monoisotopic (exact) mass is 290 g/mol. The number of rotatable bonds is 4. The number of para-hydroxylation sites is 1. The van der Waals surface area contributed by atoms with Crippen LogP contribution in [0.5, 0.6) is 11.5 Å². The zero-order valence-corrected chi connectivity index (χ0v) is 12.0. The lowest BCUT2D eigenvalue weighted by molar-refractivity contribution is 0.407. The molecule has 0 bridgehead atoms. The van der Waals surface area contributed by atoms with Crippen molar-refractivity contribution in [2.24, 2.45) is 5.10 Å². The molecule has 0 radical (unpaired) electrons. The highest BCUT2D eigenvalue weighted by Crippen LogP contribution is 2.25. The highest BCUT2D eigenvalue weighted by molar-refractivity contribution is 6.33. The van der Waals surface area contributed by atoms with E-state index in [0.29, 0.717) is 27.7 Å². The molecular weight excluding hydrogens is 276 g/mol. The summed E-state index contributed by atoms with van der Waals surface area (Å²) in [4.78, 5) is 0. The Bertz CT molecular complexity index is 642. The Morgan fingerprint density at radius 1 is 1.25 bits per heavy atom. The summed E-state index contributed by atoms with van der Waals surface area (Å²) in [6.07, 6.45) is 0. The Labute approximate surface area is 122 Å². The van der Waals surface area contributed by atoms with Gasteiger partial charge >= 0.3 is 0 Å². The minimum Gasteiger partial charge on any atom is -0.507 e. The van der Waals surface area contributed by atoms with E-state index >= 15 is 0 Å². The van der Waals surface area contributed by atoms with Gasteiger partial charge in [-0.25, -0.2) is 0 Å².